The average Bonchev–Trinajstić information content (AvgIpc) is 3.03. The van der Waals surface area contributed by atoms with Crippen molar-refractivity contribution in [1.82, 2.24) is 15.5 Å². The number of anilines is 1. The molecule has 0 saturated carbocycles. The van der Waals surface area contributed by atoms with Gasteiger partial charge < -0.3 is 15.2 Å². The van der Waals surface area contributed by atoms with Gasteiger partial charge in [-0.1, -0.05) is 23.4 Å². The number of aromatic nitrogens is 2. The van der Waals surface area contributed by atoms with Crippen molar-refractivity contribution in [3.8, 4) is 0 Å². The van der Waals surface area contributed by atoms with E-state index in [1.54, 1.807) is 0 Å². The second-order valence-electron chi connectivity index (χ2n) is 4.09. The van der Waals surface area contributed by atoms with E-state index in [2.05, 4.69) is 26.8 Å². The van der Waals surface area contributed by atoms with Crippen molar-refractivity contribution in [3.05, 3.63) is 41.5 Å². The van der Waals surface area contributed by atoms with Crippen LogP contribution in [0.4, 0.5) is 5.69 Å². The topological polar surface area (TPSA) is 80.0 Å². The van der Waals surface area contributed by atoms with Crippen molar-refractivity contribution < 1.29 is 9.32 Å². The van der Waals surface area contributed by atoms with Crippen molar-refractivity contribution in [2.24, 2.45) is 0 Å². The van der Waals surface area contributed by atoms with Crippen LogP contribution in [-0.2, 0) is 6.42 Å². The minimum atomic E-state index is -0.347. The molecular weight excluding hydrogens is 232 g/mol. The minimum Gasteiger partial charge on any atom is -0.373 e. The van der Waals surface area contributed by atoms with E-state index in [-0.39, 0.29) is 17.8 Å². The zero-order chi connectivity index (χ0) is 12.5. The third kappa shape index (κ3) is 1.71. The molecule has 6 heteroatoms. The van der Waals surface area contributed by atoms with Crippen LogP contribution >= 0.6 is 0 Å². The van der Waals surface area contributed by atoms with E-state index >= 15 is 0 Å². The fourth-order valence-electron chi connectivity index (χ4n) is 2.03. The highest BCUT2D eigenvalue weighted by Crippen LogP contribution is 2.32. The first-order valence-corrected chi connectivity index (χ1v) is 5.68. The summed E-state index contributed by atoms with van der Waals surface area (Å²) >= 11 is 0. The summed E-state index contributed by atoms with van der Waals surface area (Å²) < 4.78 is 5.12. The average molecular weight is 244 g/mol. The largest absolute Gasteiger partial charge is 0.373 e. The molecule has 0 aliphatic carbocycles. The van der Waals surface area contributed by atoms with Crippen LogP contribution in [0.15, 0.2) is 28.8 Å². The van der Waals surface area contributed by atoms with Gasteiger partial charge in [-0.15, -0.1) is 0 Å². The van der Waals surface area contributed by atoms with Crippen LogP contribution in [0.3, 0.4) is 0 Å². The van der Waals surface area contributed by atoms with Crippen LogP contribution < -0.4 is 10.6 Å². The van der Waals surface area contributed by atoms with E-state index < -0.39 is 0 Å². The monoisotopic (exact) mass is 244 g/mol. The lowest BCUT2D eigenvalue weighted by Gasteiger charge is -2.04. The summed E-state index contributed by atoms with van der Waals surface area (Å²) in [5, 5.41) is 9.41. The first-order chi connectivity index (χ1) is 8.78. The molecule has 2 N–H and O–H groups in total. The standard InChI is InChI=1S/C12H12N4O2/c1-13-11(17)10-15-12(18-16-10)9-6-7-4-2-3-5-8(7)14-9/h2-5,9,14H,6H2,1H3,(H,13,17)/t9-/m0/s1. The Hall–Kier alpha value is -2.37. The van der Waals surface area contributed by atoms with Gasteiger partial charge in [0.15, 0.2) is 0 Å². The Morgan fingerprint density at radius 1 is 1.50 bits per heavy atom. The predicted molar refractivity (Wildman–Crippen MR) is 64.2 cm³/mol. The summed E-state index contributed by atoms with van der Waals surface area (Å²) in [7, 11) is 1.53. The third-order valence-corrected chi connectivity index (χ3v) is 2.94. The Morgan fingerprint density at radius 3 is 3.11 bits per heavy atom. The first kappa shape index (κ1) is 10.8. The van der Waals surface area contributed by atoms with E-state index in [9.17, 15) is 4.79 Å². The Labute approximate surface area is 103 Å². The van der Waals surface area contributed by atoms with Gasteiger partial charge in [0.25, 0.3) is 11.7 Å². The van der Waals surface area contributed by atoms with Gasteiger partial charge in [0.2, 0.25) is 5.89 Å². The zero-order valence-electron chi connectivity index (χ0n) is 9.80. The molecule has 1 aromatic carbocycles. The number of para-hydroxylation sites is 1. The van der Waals surface area contributed by atoms with Crippen molar-refractivity contribution in [1.29, 1.82) is 0 Å². The molecule has 0 saturated heterocycles. The molecule has 0 radical (unpaired) electrons. The summed E-state index contributed by atoms with van der Waals surface area (Å²) in [5.74, 6) is 0.149. The maximum atomic E-state index is 11.3. The Kier molecular flexibility index (Phi) is 2.47. The molecule has 1 aliphatic heterocycles. The van der Waals surface area contributed by atoms with Crippen molar-refractivity contribution >= 4 is 11.6 Å². The Balaban J connectivity index is 1.82. The molecule has 1 aliphatic rings. The molecule has 0 unspecified atom stereocenters. The van der Waals surface area contributed by atoms with Gasteiger partial charge in [-0.2, -0.15) is 4.98 Å². The number of carbonyl (C=O) groups is 1. The third-order valence-electron chi connectivity index (χ3n) is 2.94. The van der Waals surface area contributed by atoms with Gasteiger partial charge in [-0.05, 0) is 11.6 Å². The van der Waals surface area contributed by atoms with Crippen LogP contribution in [0.2, 0.25) is 0 Å². The molecule has 2 aromatic rings. The SMILES string of the molecule is CNC(=O)c1noc([C@@H]2Cc3ccccc3N2)n1. The van der Waals surface area contributed by atoms with E-state index in [0.29, 0.717) is 5.89 Å². The number of amides is 1. The number of fused-ring (bicyclic) bond motifs is 1. The molecule has 1 atom stereocenters. The highest BCUT2D eigenvalue weighted by molar-refractivity contribution is 5.89. The Bertz CT molecular complexity index is 568. The maximum absolute atomic E-state index is 11.3. The number of rotatable bonds is 2. The molecule has 6 nitrogen and oxygen atoms in total. The number of hydrogen-bond acceptors (Lipinski definition) is 5. The summed E-state index contributed by atoms with van der Waals surface area (Å²) in [6, 6.07) is 7.96. The molecule has 1 aromatic heterocycles. The highest BCUT2D eigenvalue weighted by atomic mass is 16.5. The van der Waals surface area contributed by atoms with Crippen molar-refractivity contribution in [2.45, 2.75) is 12.5 Å². The van der Waals surface area contributed by atoms with Crippen molar-refractivity contribution in [2.75, 3.05) is 12.4 Å². The van der Waals surface area contributed by atoms with Gasteiger partial charge in [-0.25, -0.2) is 0 Å². The van der Waals surface area contributed by atoms with Gasteiger partial charge in [0.1, 0.15) is 6.04 Å². The number of hydrogen-bond donors (Lipinski definition) is 2. The maximum Gasteiger partial charge on any atom is 0.292 e. The fourth-order valence-corrected chi connectivity index (χ4v) is 2.03. The summed E-state index contributed by atoms with van der Waals surface area (Å²) in [4.78, 5) is 15.4. The minimum absolute atomic E-state index is 0.0604. The zero-order valence-corrected chi connectivity index (χ0v) is 9.80. The molecule has 0 fully saturated rings. The molecule has 0 bridgehead atoms. The molecule has 3 rings (SSSR count). The lowest BCUT2D eigenvalue weighted by Crippen LogP contribution is -2.19. The molecule has 18 heavy (non-hydrogen) atoms. The normalized spacial score (nSPS) is 17.1. The number of nitrogens with zero attached hydrogens (tertiary/aromatic N) is 2. The number of nitrogens with one attached hydrogen (secondary N) is 2. The molecule has 0 spiro atoms. The van der Waals surface area contributed by atoms with Crippen LogP contribution in [0.25, 0.3) is 0 Å². The Morgan fingerprint density at radius 2 is 2.33 bits per heavy atom. The van der Waals surface area contributed by atoms with Crippen LogP contribution in [0.5, 0.6) is 0 Å². The van der Waals surface area contributed by atoms with E-state index in [1.807, 2.05) is 18.2 Å². The summed E-state index contributed by atoms with van der Waals surface area (Å²) in [5.41, 5.74) is 2.28. The van der Waals surface area contributed by atoms with Gasteiger partial charge in [0.05, 0.1) is 0 Å². The van der Waals surface area contributed by atoms with E-state index in [0.717, 1.165) is 12.1 Å². The van der Waals surface area contributed by atoms with Gasteiger partial charge in [0, 0.05) is 19.2 Å². The van der Waals surface area contributed by atoms with Gasteiger partial charge >= 0.3 is 0 Å². The fraction of sp³-hybridized carbons (Fsp3) is 0.250. The van der Waals surface area contributed by atoms with Crippen LogP contribution in [0, 0.1) is 0 Å². The van der Waals surface area contributed by atoms with E-state index in [4.69, 9.17) is 4.52 Å². The van der Waals surface area contributed by atoms with Crippen LogP contribution in [-0.4, -0.2) is 23.1 Å². The predicted octanol–water partition coefficient (Wildman–Crippen LogP) is 1.14. The second-order valence-corrected chi connectivity index (χ2v) is 4.09. The van der Waals surface area contributed by atoms with Crippen LogP contribution in [0.1, 0.15) is 28.1 Å². The lowest BCUT2D eigenvalue weighted by atomic mass is 10.1. The van der Waals surface area contributed by atoms with E-state index in [1.165, 1.54) is 12.6 Å². The lowest BCUT2D eigenvalue weighted by molar-refractivity contribution is 0.0950. The number of carbonyl (C=O) groups excluding carboxylic acids is 1. The molecule has 1 amide bonds. The van der Waals surface area contributed by atoms with Gasteiger partial charge in [-0.3, -0.25) is 4.79 Å². The summed E-state index contributed by atoms with van der Waals surface area (Å²) in [6.45, 7) is 0. The van der Waals surface area contributed by atoms with Crippen molar-refractivity contribution in [3.63, 3.8) is 0 Å². The molecule has 2 heterocycles. The number of benzene rings is 1. The first-order valence-electron chi connectivity index (χ1n) is 5.68. The smallest absolute Gasteiger partial charge is 0.292 e. The quantitative estimate of drug-likeness (QED) is 0.828. The molecule has 92 valence electrons. The second kappa shape index (κ2) is 4.14. The highest BCUT2D eigenvalue weighted by Gasteiger charge is 2.27. The molecular formula is C12H12N4O2. The summed E-state index contributed by atoms with van der Waals surface area (Å²) in [6.07, 6.45) is 0.783.